The zero-order chi connectivity index (χ0) is 37.8. The molecule has 52 heavy (non-hydrogen) atoms. The molecule has 0 atom stereocenters. The van der Waals surface area contributed by atoms with Crippen LogP contribution in [-0.4, -0.2) is 69.1 Å². The van der Waals surface area contributed by atoms with Gasteiger partial charge in [-0.25, -0.2) is 9.59 Å². The topological polar surface area (TPSA) is 106 Å². The molecule has 0 heterocycles. The molecule has 2 aromatic rings. The number of methoxy groups -OCH3 is 1. The fourth-order valence-corrected chi connectivity index (χ4v) is 9.00. The van der Waals surface area contributed by atoms with Crippen molar-refractivity contribution < 1.29 is 33.7 Å². The monoisotopic (exact) mass is 718 g/mol. The summed E-state index contributed by atoms with van der Waals surface area (Å²) in [7, 11) is 1.47. The van der Waals surface area contributed by atoms with Crippen LogP contribution in [0.2, 0.25) is 0 Å². The van der Waals surface area contributed by atoms with E-state index in [1.54, 1.807) is 0 Å². The minimum absolute atomic E-state index is 0.0914. The molecular formula is C43H62N2O7. The molecule has 8 rings (SSSR count). The molecule has 286 valence electrons. The number of fused-ring (bicyclic) bond motifs is 6. The molecule has 6 aliphatic carbocycles. The van der Waals surface area contributed by atoms with E-state index < -0.39 is 11.2 Å². The Bertz CT molecular complexity index is 1480. The molecule has 0 unspecified atom stereocenters. The maximum absolute atomic E-state index is 13.1. The second-order valence-electron chi connectivity index (χ2n) is 18.0. The number of carbonyl (C=O) groups is 3. The molecule has 6 aliphatic rings. The summed E-state index contributed by atoms with van der Waals surface area (Å²) in [5.74, 6) is -0.0947. The van der Waals surface area contributed by atoms with Crippen LogP contribution in [-0.2, 0) is 32.1 Å². The quantitative estimate of drug-likeness (QED) is 0.214. The Morgan fingerprint density at radius 1 is 0.596 bits per heavy atom. The molecule has 6 saturated carbocycles. The lowest BCUT2D eigenvalue weighted by atomic mass is 9.56. The average molecular weight is 719 g/mol. The average Bonchev–Trinajstić information content (AvgIpc) is 3.13. The van der Waals surface area contributed by atoms with Crippen molar-refractivity contribution in [1.82, 2.24) is 9.80 Å². The molecule has 2 aromatic carbocycles. The zero-order valence-corrected chi connectivity index (χ0v) is 32.7. The summed E-state index contributed by atoms with van der Waals surface area (Å²) in [6.45, 7) is 12.8. The fraction of sp³-hybridized carbons (Fsp3) is 0.651. The Morgan fingerprint density at radius 3 is 1.25 bits per heavy atom. The molecule has 0 radical (unpaired) electrons. The molecule has 0 aromatic heterocycles. The first-order valence-corrected chi connectivity index (χ1v) is 19.3. The van der Waals surface area contributed by atoms with Gasteiger partial charge in [-0.15, -0.1) is 0 Å². The SMILES string of the molecule is CC(C)(C)OC(=O)N(Cc1ccccc1)C12CCC(CO)(CC1)CC2.COC(=O)C12CCC(N(Cc3ccccc3)C(=O)OC(C)(C)C)(CC1)CC2. The van der Waals surface area contributed by atoms with Gasteiger partial charge in [0.25, 0.3) is 0 Å². The van der Waals surface area contributed by atoms with Crippen molar-refractivity contribution in [2.75, 3.05) is 13.7 Å². The lowest BCUT2D eigenvalue weighted by Gasteiger charge is -2.56. The van der Waals surface area contributed by atoms with Crippen LogP contribution in [0.1, 0.15) is 130 Å². The predicted molar refractivity (Wildman–Crippen MR) is 201 cm³/mol. The number of hydrogen-bond acceptors (Lipinski definition) is 7. The van der Waals surface area contributed by atoms with Crippen molar-refractivity contribution in [3.63, 3.8) is 0 Å². The van der Waals surface area contributed by atoms with Crippen LogP contribution >= 0.6 is 0 Å². The van der Waals surface area contributed by atoms with E-state index in [9.17, 15) is 19.5 Å². The summed E-state index contributed by atoms with van der Waals surface area (Å²) in [5.41, 5.74) is 0.545. The minimum Gasteiger partial charge on any atom is -0.469 e. The van der Waals surface area contributed by atoms with Crippen molar-refractivity contribution in [2.45, 2.75) is 154 Å². The molecule has 2 amide bonds. The summed E-state index contributed by atoms with van der Waals surface area (Å²) >= 11 is 0. The van der Waals surface area contributed by atoms with Crippen molar-refractivity contribution in [3.05, 3.63) is 71.8 Å². The van der Waals surface area contributed by atoms with E-state index in [0.29, 0.717) is 13.1 Å². The smallest absolute Gasteiger partial charge is 0.411 e. The third-order valence-corrected chi connectivity index (χ3v) is 12.3. The molecule has 1 N–H and O–H groups in total. The van der Waals surface area contributed by atoms with E-state index in [1.807, 2.05) is 99.9 Å². The maximum Gasteiger partial charge on any atom is 0.411 e. The lowest BCUT2D eigenvalue weighted by Crippen LogP contribution is -2.60. The highest BCUT2D eigenvalue weighted by Gasteiger charge is 2.57. The minimum atomic E-state index is -0.540. The zero-order valence-electron chi connectivity index (χ0n) is 32.7. The lowest BCUT2D eigenvalue weighted by molar-refractivity contribution is -0.164. The van der Waals surface area contributed by atoms with Crippen molar-refractivity contribution in [1.29, 1.82) is 0 Å². The van der Waals surface area contributed by atoms with E-state index in [2.05, 4.69) is 12.1 Å². The van der Waals surface area contributed by atoms with Crippen molar-refractivity contribution in [2.24, 2.45) is 10.8 Å². The van der Waals surface area contributed by atoms with Gasteiger partial charge in [0.15, 0.2) is 0 Å². The number of rotatable bonds is 8. The van der Waals surface area contributed by atoms with Crippen LogP contribution in [0.4, 0.5) is 9.59 Å². The van der Waals surface area contributed by atoms with E-state index >= 15 is 0 Å². The second-order valence-corrected chi connectivity index (χ2v) is 18.0. The standard InChI is InChI=1S/C22H31NO4.C21H31NO3/c1-20(2,3)27-19(25)23(16-17-8-6-5-7-9-17)22-13-10-21(11-14-22,12-15-22)18(24)26-4;1-19(2,3)25-18(24)22(15-17-7-5-4-6-8-17)21-12-9-20(16-23,10-13-21)11-14-21/h5-9H,10-16H2,1-4H3;4-8,23H,9-16H2,1-3H3. The molecule has 0 spiro atoms. The summed E-state index contributed by atoms with van der Waals surface area (Å²) in [6.07, 6.45) is 10.1. The predicted octanol–water partition coefficient (Wildman–Crippen LogP) is 9.20. The van der Waals surface area contributed by atoms with Crippen molar-refractivity contribution >= 4 is 18.2 Å². The van der Waals surface area contributed by atoms with Crippen LogP contribution in [0.5, 0.6) is 0 Å². The van der Waals surface area contributed by atoms with Gasteiger partial charge >= 0.3 is 18.2 Å². The van der Waals surface area contributed by atoms with Gasteiger partial charge in [0.05, 0.1) is 12.5 Å². The molecule has 0 aliphatic heterocycles. The Kier molecular flexibility index (Phi) is 11.7. The highest BCUT2D eigenvalue weighted by atomic mass is 16.6. The molecule has 9 nitrogen and oxygen atoms in total. The first-order valence-electron chi connectivity index (χ1n) is 19.3. The van der Waals surface area contributed by atoms with Crippen LogP contribution < -0.4 is 0 Å². The Hall–Kier alpha value is -3.59. The molecule has 0 saturated heterocycles. The molecule has 6 fully saturated rings. The maximum atomic E-state index is 13.1. The first-order chi connectivity index (χ1) is 24.5. The van der Waals surface area contributed by atoms with Crippen LogP contribution in [0.25, 0.3) is 0 Å². The molecular weight excluding hydrogens is 656 g/mol. The number of carbonyl (C=O) groups excluding carboxylic acids is 3. The van der Waals surface area contributed by atoms with E-state index in [0.717, 1.165) is 88.2 Å². The third kappa shape index (κ3) is 8.95. The number of benzene rings is 2. The van der Waals surface area contributed by atoms with Gasteiger partial charge in [0.2, 0.25) is 0 Å². The van der Waals surface area contributed by atoms with Gasteiger partial charge in [-0.05, 0) is 135 Å². The summed E-state index contributed by atoms with van der Waals surface area (Å²) in [4.78, 5) is 42.4. The Morgan fingerprint density at radius 2 is 0.942 bits per heavy atom. The van der Waals surface area contributed by atoms with Crippen LogP contribution in [0.3, 0.4) is 0 Å². The Labute approximate surface area is 311 Å². The highest BCUT2D eigenvalue weighted by molar-refractivity contribution is 5.77. The number of amides is 2. The fourth-order valence-electron chi connectivity index (χ4n) is 9.00. The van der Waals surface area contributed by atoms with Gasteiger partial charge in [-0.2, -0.15) is 0 Å². The van der Waals surface area contributed by atoms with Crippen molar-refractivity contribution in [3.8, 4) is 0 Å². The number of aliphatic hydroxyl groups is 1. The third-order valence-electron chi connectivity index (χ3n) is 12.3. The van der Waals surface area contributed by atoms with E-state index in [1.165, 1.54) is 7.11 Å². The number of ether oxygens (including phenoxy) is 3. The van der Waals surface area contributed by atoms with Crippen LogP contribution in [0.15, 0.2) is 60.7 Å². The first kappa shape index (κ1) is 39.6. The largest absolute Gasteiger partial charge is 0.469 e. The van der Waals surface area contributed by atoms with Gasteiger partial charge < -0.3 is 19.3 Å². The van der Waals surface area contributed by atoms with Gasteiger partial charge in [0.1, 0.15) is 11.2 Å². The normalized spacial score (nSPS) is 27.8. The highest BCUT2D eigenvalue weighted by Crippen LogP contribution is 2.56. The van der Waals surface area contributed by atoms with Gasteiger partial charge in [-0.3, -0.25) is 14.6 Å². The second kappa shape index (κ2) is 15.4. The Balaban J connectivity index is 0.000000202. The molecule has 9 heteroatoms. The van der Waals surface area contributed by atoms with E-state index in [4.69, 9.17) is 14.2 Å². The summed E-state index contributed by atoms with van der Waals surface area (Å²) < 4.78 is 16.6. The summed E-state index contributed by atoms with van der Waals surface area (Å²) in [6, 6.07) is 20.2. The number of nitrogens with zero attached hydrogens (tertiary/aromatic N) is 2. The van der Waals surface area contributed by atoms with E-state index in [-0.39, 0.29) is 46.7 Å². The van der Waals surface area contributed by atoms with Crippen LogP contribution in [0, 0.1) is 10.8 Å². The molecule has 4 bridgehead atoms. The van der Waals surface area contributed by atoms with Gasteiger partial charge in [0, 0.05) is 30.8 Å². The summed E-state index contributed by atoms with van der Waals surface area (Å²) in [5, 5.41) is 9.78. The van der Waals surface area contributed by atoms with Gasteiger partial charge in [-0.1, -0.05) is 60.7 Å². The number of hydrogen-bond donors (Lipinski definition) is 1. The number of esters is 1. The number of aliphatic hydroxyl groups excluding tert-OH is 1.